The van der Waals surface area contributed by atoms with Crippen LogP contribution in [0.4, 0.5) is 5.13 Å². The lowest BCUT2D eigenvalue weighted by Gasteiger charge is -1.98. The number of nitrogens with one attached hydrogen (secondary N) is 1. The van der Waals surface area contributed by atoms with E-state index in [-0.39, 0.29) is 11.7 Å². The minimum absolute atomic E-state index is 0.240. The van der Waals surface area contributed by atoms with Crippen LogP contribution in [0.3, 0.4) is 0 Å². The van der Waals surface area contributed by atoms with Gasteiger partial charge in [0.25, 0.3) is 5.91 Å². The zero-order chi connectivity index (χ0) is 15.0. The Bertz CT molecular complexity index is 804. The van der Waals surface area contributed by atoms with E-state index in [4.69, 9.17) is 4.42 Å². The zero-order valence-corrected chi connectivity index (χ0v) is 12.4. The highest BCUT2D eigenvalue weighted by Gasteiger charge is 2.15. The van der Waals surface area contributed by atoms with E-state index >= 15 is 0 Å². The van der Waals surface area contributed by atoms with Crippen LogP contribution < -0.4 is 5.32 Å². The number of amides is 1. The summed E-state index contributed by atoms with van der Waals surface area (Å²) < 4.78 is 5.53. The SMILES string of the molecule is Cc1ccc2oc(C(=O)Nc3nc(C(C)O)cs3)cc2c1. The number of fused-ring (bicyclic) bond motifs is 1. The second-order valence-corrected chi connectivity index (χ2v) is 5.72. The lowest BCUT2D eigenvalue weighted by Crippen LogP contribution is -2.10. The van der Waals surface area contributed by atoms with Crippen molar-refractivity contribution in [3.8, 4) is 0 Å². The van der Waals surface area contributed by atoms with Crippen molar-refractivity contribution in [2.45, 2.75) is 20.0 Å². The van der Waals surface area contributed by atoms with Gasteiger partial charge in [-0.2, -0.15) is 0 Å². The number of thiazole rings is 1. The summed E-state index contributed by atoms with van der Waals surface area (Å²) in [7, 11) is 0. The highest BCUT2D eigenvalue weighted by Crippen LogP contribution is 2.23. The monoisotopic (exact) mass is 302 g/mol. The second kappa shape index (κ2) is 5.31. The van der Waals surface area contributed by atoms with Gasteiger partial charge in [-0.25, -0.2) is 4.98 Å². The molecule has 0 fully saturated rings. The minimum atomic E-state index is -0.652. The first-order valence-corrected chi connectivity index (χ1v) is 7.36. The van der Waals surface area contributed by atoms with Gasteiger partial charge in [-0.05, 0) is 32.0 Å². The highest BCUT2D eigenvalue weighted by molar-refractivity contribution is 7.14. The molecule has 0 radical (unpaired) electrons. The molecule has 5 nitrogen and oxygen atoms in total. The summed E-state index contributed by atoms with van der Waals surface area (Å²) in [5, 5.41) is 15.1. The van der Waals surface area contributed by atoms with E-state index in [0.717, 1.165) is 10.9 Å². The van der Waals surface area contributed by atoms with E-state index in [9.17, 15) is 9.90 Å². The largest absolute Gasteiger partial charge is 0.451 e. The van der Waals surface area contributed by atoms with Crippen molar-refractivity contribution in [3.05, 3.63) is 46.7 Å². The number of anilines is 1. The molecule has 0 saturated carbocycles. The van der Waals surface area contributed by atoms with Gasteiger partial charge in [0.05, 0.1) is 11.8 Å². The molecular formula is C15H14N2O3S. The number of furan rings is 1. The number of nitrogens with zero attached hydrogens (tertiary/aromatic N) is 1. The van der Waals surface area contributed by atoms with Crippen LogP contribution in [0.25, 0.3) is 11.0 Å². The molecule has 0 saturated heterocycles. The van der Waals surface area contributed by atoms with Crippen molar-refractivity contribution in [1.82, 2.24) is 4.98 Å². The van der Waals surface area contributed by atoms with E-state index in [1.54, 1.807) is 18.4 Å². The van der Waals surface area contributed by atoms with Crippen LogP contribution in [0.15, 0.2) is 34.1 Å². The third kappa shape index (κ3) is 2.81. The fourth-order valence-corrected chi connectivity index (χ4v) is 2.76. The standard InChI is InChI=1S/C15H14N2O3S/c1-8-3-4-12-10(5-8)6-13(20-12)14(19)17-15-16-11(7-21-15)9(2)18/h3-7,9,18H,1-2H3,(H,16,17,19). The van der Waals surface area contributed by atoms with Crippen molar-refractivity contribution in [1.29, 1.82) is 0 Å². The molecule has 0 aliphatic rings. The predicted molar refractivity (Wildman–Crippen MR) is 81.7 cm³/mol. The number of aryl methyl sites for hydroxylation is 1. The van der Waals surface area contributed by atoms with Gasteiger partial charge in [0.15, 0.2) is 10.9 Å². The quantitative estimate of drug-likeness (QED) is 0.776. The van der Waals surface area contributed by atoms with Crippen molar-refractivity contribution >= 4 is 33.3 Å². The smallest absolute Gasteiger partial charge is 0.293 e. The number of carbonyl (C=O) groups is 1. The number of hydrogen-bond acceptors (Lipinski definition) is 5. The topological polar surface area (TPSA) is 75.4 Å². The van der Waals surface area contributed by atoms with E-state index in [0.29, 0.717) is 16.4 Å². The van der Waals surface area contributed by atoms with Gasteiger partial charge in [-0.3, -0.25) is 10.1 Å². The second-order valence-electron chi connectivity index (χ2n) is 4.86. The van der Waals surface area contributed by atoms with E-state index < -0.39 is 6.10 Å². The fourth-order valence-electron chi connectivity index (χ4n) is 1.97. The Morgan fingerprint density at radius 3 is 2.95 bits per heavy atom. The number of aromatic nitrogens is 1. The Kier molecular flexibility index (Phi) is 3.48. The highest BCUT2D eigenvalue weighted by atomic mass is 32.1. The molecule has 3 rings (SSSR count). The number of aliphatic hydroxyl groups excluding tert-OH is 1. The molecule has 1 amide bonds. The van der Waals surface area contributed by atoms with Crippen LogP contribution in [0.5, 0.6) is 0 Å². The van der Waals surface area contributed by atoms with Crippen LogP contribution in [0.2, 0.25) is 0 Å². The normalized spacial score (nSPS) is 12.5. The van der Waals surface area contributed by atoms with Gasteiger partial charge in [-0.15, -0.1) is 11.3 Å². The fraction of sp³-hybridized carbons (Fsp3) is 0.200. The lowest BCUT2D eigenvalue weighted by atomic mass is 10.2. The van der Waals surface area contributed by atoms with Gasteiger partial charge in [0, 0.05) is 10.8 Å². The van der Waals surface area contributed by atoms with Crippen LogP contribution in [-0.2, 0) is 0 Å². The van der Waals surface area contributed by atoms with E-state index in [2.05, 4.69) is 10.3 Å². The van der Waals surface area contributed by atoms with Gasteiger partial charge < -0.3 is 9.52 Å². The van der Waals surface area contributed by atoms with Gasteiger partial charge in [-0.1, -0.05) is 11.6 Å². The Balaban J connectivity index is 1.82. The number of rotatable bonds is 3. The summed E-state index contributed by atoms with van der Waals surface area (Å²) in [6, 6.07) is 7.45. The van der Waals surface area contributed by atoms with E-state index in [1.807, 2.05) is 25.1 Å². The molecule has 0 spiro atoms. The van der Waals surface area contributed by atoms with Crippen molar-refractivity contribution < 1.29 is 14.3 Å². The van der Waals surface area contributed by atoms with Gasteiger partial charge in [0.1, 0.15) is 5.58 Å². The first kappa shape index (κ1) is 13.8. The molecule has 1 atom stereocenters. The molecule has 2 aromatic heterocycles. The van der Waals surface area contributed by atoms with Crippen molar-refractivity contribution in [2.24, 2.45) is 0 Å². The van der Waals surface area contributed by atoms with Crippen LogP contribution in [0, 0.1) is 6.92 Å². The Morgan fingerprint density at radius 2 is 2.24 bits per heavy atom. The number of hydrogen-bond donors (Lipinski definition) is 2. The molecule has 0 aliphatic heterocycles. The van der Waals surface area contributed by atoms with Crippen molar-refractivity contribution in [2.75, 3.05) is 5.32 Å². The average molecular weight is 302 g/mol. The maximum absolute atomic E-state index is 12.1. The molecule has 0 aliphatic carbocycles. The first-order valence-electron chi connectivity index (χ1n) is 6.48. The maximum atomic E-state index is 12.1. The molecule has 6 heteroatoms. The molecule has 2 heterocycles. The molecule has 2 N–H and O–H groups in total. The summed E-state index contributed by atoms with van der Waals surface area (Å²) in [5.41, 5.74) is 2.32. The molecule has 108 valence electrons. The molecule has 21 heavy (non-hydrogen) atoms. The number of benzene rings is 1. The molecule has 0 bridgehead atoms. The van der Waals surface area contributed by atoms with Gasteiger partial charge in [0.2, 0.25) is 0 Å². The summed E-state index contributed by atoms with van der Waals surface area (Å²) in [5.74, 6) is -0.111. The molecule has 3 aromatic rings. The minimum Gasteiger partial charge on any atom is -0.451 e. The molecule has 1 unspecified atom stereocenters. The number of carbonyl (C=O) groups excluding carboxylic acids is 1. The third-order valence-corrected chi connectivity index (χ3v) is 3.84. The Labute approximate surface area is 125 Å². The summed E-state index contributed by atoms with van der Waals surface area (Å²) in [6.07, 6.45) is -0.652. The summed E-state index contributed by atoms with van der Waals surface area (Å²) >= 11 is 1.27. The average Bonchev–Trinajstić information content (AvgIpc) is 3.04. The zero-order valence-electron chi connectivity index (χ0n) is 11.6. The predicted octanol–water partition coefficient (Wildman–Crippen LogP) is 3.50. The Hall–Kier alpha value is -2.18. The first-order chi connectivity index (χ1) is 10.0. The molecular weight excluding hydrogens is 288 g/mol. The van der Waals surface area contributed by atoms with Crippen molar-refractivity contribution in [3.63, 3.8) is 0 Å². The maximum Gasteiger partial charge on any atom is 0.293 e. The third-order valence-electron chi connectivity index (χ3n) is 3.07. The van der Waals surface area contributed by atoms with Gasteiger partial charge >= 0.3 is 0 Å². The van der Waals surface area contributed by atoms with Crippen LogP contribution in [0.1, 0.15) is 34.8 Å². The Morgan fingerprint density at radius 1 is 1.43 bits per heavy atom. The van der Waals surface area contributed by atoms with Crippen LogP contribution in [-0.4, -0.2) is 16.0 Å². The lowest BCUT2D eigenvalue weighted by molar-refractivity contribution is 0.0998. The van der Waals surface area contributed by atoms with E-state index in [1.165, 1.54) is 11.3 Å². The summed E-state index contributed by atoms with van der Waals surface area (Å²) in [4.78, 5) is 16.3. The van der Waals surface area contributed by atoms with Crippen LogP contribution >= 0.6 is 11.3 Å². The summed E-state index contributed by atoms with van der Waals surface area (Å²) in [6.45, 7) is 3.61. The number of aliphatic hydroxyl groups is 1. The molecule has 1 aromatic carbocycles.